The zero-order chi connectivity index (χ0) is 25.5. The van der Waals surface area contributed by atoms with Crippen LogP contribution in [-0.4, -0.2) is 39.3 Å². The third-order valence-electron chi connectivity index (χ3n) is 7.20. The van der Waals surface area contributed by atoms with E-state index in [0.29, 0.717) is 33.8 Å². The summed E-state index contributed by atoms with van der Waals surface area (Å²) in [7, 11) is 0. The Morgan fingerprint density at radius 1 is 1.14 bits per heavy atom. The molecule has 6 nitrogen and oxygen atoms in total. The summed E-state index contributed by atoms with van der Waals surface area (Å²) in [6.07, 6.45) is 10.8. The second-order valence-electron chi connectivity index (χ2n) is 9.51. The van der Waals surface area contributed by atoms with Crippen molar-refractivity contribution in [3.63, 3.8) is 0 Å². The molecule has 8 heteroatoms. The fourth-order valence-electron chi connectivity index (χ4n) is 5.02. The van der Waals surface area contributed by atoms with Gasteiger partial charge in [-0.05, 0) is 50.7 Å². The van der Waals surface area contributed by atoms with E-state index < -0.39 is 0 Å². The van der Waals surface area contributed by atoms with E-state index in [2.05, 4.69) is 24.8 Å². The van der Waals surface area contributed by atoms with Crippen LogP contribution < -0.4 is 10.5 Å². The maximum Gasteiger partial charge on any atom is 0.270 e. The van der Waals surface area contributed by atoms with Gasteiger partial charge in [0.15, 0.2) is 0 Å². The maximum absolute atomic E-state index is 13.5. The summed E-state index contributed by atoms with van der Waals surface area (Å²) < 4.78 is 2.30. The molecule has 0 aliphatic carbocycles. The number of anilines is 1. The first-order chi connectivity index (χ1) is 16.9. The molecule has 0 radical (unpaired) electrons. The molecule has 1 unspecified atom stereocenters. The fourth-order valence-corrected chi connectivity index (χ4v) is 6.28. The van der Waals surface area contributed by atoms with Crippen molar-refractivity contribution < 1.29 is 4.79 Å². The number of pyridine rings is 1. The fraction of sp³-hybridized carbons (Fsp3) is 0.630. The van der Waals surface area contributed by atoms with Gasteiger partial charge in [-0.25, -0.2) is 0 Å². The Morgan fingerprint density at radius 3 is 2.40 bits per heavy atom. The molecule has 0 spiro atoms. The van der Waals surface area contributed by atoms with Crippen LogP contribution in [-0.2, 0) is 11.3 Å². The number of unbranched alkanes of at least 4 members (excludes halogenated alkanes) is 1. The molecule has 3 rings (SSSR count). The molecule has 0 saturated carbocycles. The van der Waals surface area contributed by atoms with E-state index in [4.69, 9.17) is 12.2 Å². The predicted molar refractivity (Wildman–Crippen MR) is 150 cm³/mol. The Kier molecular flexibility index (Phi) is 9.99. The number of amides is 1. The predicted octanol–water partition coefficient (Wildman–Crippen LogP) is 5.85. The van der Waals surface area contributed by atoms with Gasteiger partial charge in [0.05, 0.1) is 4.91 Å². The summed E-state index contributed by atoms with van der Waals surface area (Å²) in [5.74, 6) is 1.19. The first kappa shape index (κ1) is 27.5. The number of hydrogen-bond donors (Lipinski definition) is 0. The lowest BCUT2D eigenvalue weighted by Gasteiger charge is -2.29. The molecule has 1 aromatic heterocycles. The van der Waals surface area contributed by atoms with E-state index in [0.717, 1.165) is 63.0 Å². The number of thioether (sulfide) groups is 1. The number of rotatable bonds is 9. The van der Waals surface area contributed by atoms with Crippen molar-refractivity contribution in [3.8, 4) is 6.07 Å². The highest BCUT2D eigenvalue weighted by Gasteiger charge is 2.34. The standard InChI is InChI=1S/C27H38N4O2S2/c1-5-8-13-20(6-2)18-31-26(33)23(35-27(31)34)16-21-19(4)22(17-28)25(32)30(7-3)24(21)29-14-11-9-10-12-15-29/h16,20H,5-15,18H2,1-4H3/b23-16-. The summed E-state index contributed by atoms with van der Waals surface area (Å²) in [6.45, 7) is 11.0. The Balaban J connectivity index is 2.07. The van der Waals surface area contributed by atoms with Crippen LogP contribution in [0, 0.1) is 24.2 Å². The van der Waals surface area contributed by atoms with E-state index in [-0.39, 0.29) is 17.0 Å². The number of hydrogen-bond acceptors (Lipinski definition) is 6. The van der Waals surface area contributed by atoms with Crippen LogP contribution in [0.3, 0.4) is 0 Å². The smallest absolute Gasteiger partial charge is 0.270 e. The Bertz CT molecular complexity index is 1080. The minimum Gasteiger partial charge on any atom is -0.357 e. The topological polar surface area (TPSA) is 69.3 Å². The third-order valence-corrected chi connectivity index (χ3v) is 8.58. The van der Waals surface area contributed by atoms with Gasteiger partial charge >= 0.3 is 0 Å². The average Bonchev–Trinajstić information content (AvgIpc) is 3.03. The van der Waals surface area contributed by atoms with Crippen LogP contribution in [0.25, 0.3) is 6.08 Å². The number of nitriles is 1. The Labute approximate surface area is 219 Å². The van der Waals surface area contributed by atoms with Gasteiger partial charge in [0, 0.05) is 31.7 Å². The van der Waals surface area contributed by atoms with Crippen molar-refractivity contribution in [1.82, 2.24) is 9.47 Å². The zero-order valence-electron chi connectivity index (χ0n) is 21.6. The summed E-state index contributed by atoms with van der Waals surface area (Å²) in [5.41, 5.74) is 1.33. The van der Waals surface area contributed by atoms with Gasteiger partial charge in [0.25, 0.3) is 11.5 Å². The minimum atomic E-state index is -0.252. The van der Waals surface area contributed by atoms with E-state index in [1.807, 2.05) is 19.9 Å². The van der Waals surface area contributed by atoms with Crippen LogP contribution in [0.5, 0.6) is 0 Å². The number of carbonyl (C=O) groups excluding carboxylic acids is 1. The Morgan fingerprint density at radius 2 is 1.83 bits per heavy atom. The van der Waals surface area contributed by atoms with Crippen LogP contribution in [0.1, 0.15) is 88.8 Å². The molecular formula is C27H38N4O2S2. The number of aromatic nitrogens is 1. The molecule has 0 bridgehead atoms. The minimum absolute atomic E-state index is 0.0658. The first-order valence-electron chi connectivity index (χ1n) is 13.1. The molecule has 0 N–H and O–H groups in total. The van der Waals surface area contributed by atoms with Gasteiger partial charge < -0.3 is 4.90 Å². The largest absolute Gasteiger partial charge is 0.357 e. The van der Waals surface area contributed by atoms with Gasteiger partial charge in [-0.3, -0.25) is 19.1 Å². The van der Waals surface area contributed by atoms with Gasteiger partial charge in [-0.15, -0.1) is 0 Å². The highest BCUT2D eigenvalue weighted by atomic mass is 32.2. The molecule has 1 aromatic rings. The zero-order valence-corrected chi connectivity index (χ0v) is 23.2. The van der Waals surface area contributed by atoms with Gasteiger partial charge in [0.1, 0.15) is 21.8 Å². The molecule has 2 saturated heterocycles. The quantitative estimate of drug-likeness (QED) is 0.304. The van der Waals surface area contributed by atoms with E-state index in [1.165, 1.54) is 24.6 Å². The van der Waals surface area contributed by atoms with Crippen LogP contribution in [0.4, 0.5) is 5.82 Å². The molecule has 0 aromatic carbocycles. The normalized spacial score (nSPS) is 18.8. The molecule has 35 heavy (non-hydrogen) atoms. The summed E-state index contributed by atoms with van der Waals surface area (Å²) in [5, 5.41) is 9.79. The van der Waals surface area contributed by atoms with Crippen molar-refractivity contribution in [3.05, 3.63) is 31.9 Å². The summed E-state index contributed by atoms with van der Waals surface area (Å²) >= 11 is 6.96. The Hall–Kier alpha value is -2.11. The molecule has 1 atom stereocenters. The van der Waals surface area contributed by atoms with Gasteiger partial charge in [0.2, 0.25) is 0 Å². The van der Waals surface area contributed by atoms with Gasteiger partial charge in [-0.2, -0.15) is 5.26 Å². The maximum atomic E-state index is 13.5. The van der Waals surface area contributed by atoms with Crippen molar-refractivity contribution in [2.24, 2.45) is 5.92 Å². The molecular weight excluding hydrogens is 476 g/mol. The monoisotopic (exact) mass is 514 g/mol. The molecule has 2 fully saturated rings. The molecule has 3 heterocycles. The molecule has 1 amide bonds. The van der Waals surface area contributed by atoms with Crippen LogP contribution in [0.2, 0.25) is 0 Å². The number of carbonyl (C=O) groups is 1. The highest BCUT2D eigenvalue weighted by Crippen LogP contribution is 2.37. The second-order valence-corrected chi connectivity index (χ2v) is 11.2. The van der Waals surface area contributed by atoms with Gasteiger partial charge in [-0.1, -0.05) is 69.9 Å². The SMILES string of the molecule is CCCCC(CC)CN1C(=O)/C(=C/c2c(C)c(C#N)c(=O)n(CC)c2N2CCCCCC2)SC1=S. The lowest BCUT2D eigenvalue weighted by atomic mass is 9.99. The highest BCUT2D eigenvalue weighted by molar-refractivity contribution is 8.26. The van der Waals surface area contributed by atoms with Crippen molar-refractivity contribution in [1.29, 1.82) is 5.26 Å². The molecule has 2 aliphatic rings. The first-order valence-corrected chi connectivity index (χ1v) is 14.3. The van der Waals surface area contributed by atoms with Crippen molar-refractivity contribution in [2.45, 2.75) is 85.6 Å². The van der Waals surface area contributed by atoms with E-state index in [9.17, 15) is 14.9 Å². The molecule has 2 aliphatic heterocycles. The van der Waals surface area contributed by atoms with Crippen molar-refractivity contribution in [2.75, 3.05) is 24.5 Å². The lowest BCUT2D eigenvalue weighted by molar-refractivity contribution is -0.122. The lowest BCUT2D eigenvalue weighted by Crippen LogP contribution is -2.35. The summed E-state index contributed by atoms with van der Waals surface area (Å²) in [4.78, 5) is 31.3. The number of thiocarbonyl (C=S) groups is 1. The van der Waals surface area contributed by atoms with Crippen LogP contribution >= 0.6 is 24.0 Å². The van der Waals surface area contributed by atoms with E-state index >= 15 is 0 Å². The summed E-state index contributed by atoms with van der Waals surface area (Å²) in [6, 6.07) is 2.12. The average molecular weight is 515 g/mol. The number of nitrogens with zero attached hydrogens (tertiary/aromatic N) is 4. The van der Waals surface area contributed by atoms with Crippen molar-refractivity contribution >= 4 is 46.1 Å². The van der Waals surface area contributed by atoms with E-state index in [1.54, 1.807) is 9.47 Å². The third kappa shape index (κ3) is 6.00. The second kappa shape index (κ2) is 12.7. The van der Waals surface area contributed by atoms with Crippen LogP contribution in [0.15, 0.2) is 9.70 Å². The molecule has 190 valence electrons.